The van der Waals surface area contributed by atoms with E-state index in [1.54, 1.807) is 12.1 Å². The summed E-state index contributed by atoms with van der Waals surface area (Å²) in [4.78, 5) is 22.7. The summed E-state index contributed by atoms with van der Waals surface area (Å²) in [5, 5.41) is 14.3. The zero-order valence-corrected chi connectivity index (χ0v) is 19.5. The van der Waals surface area contributed by atoms with Gasteiger partial charge in [0, 0.05) is 48.8 Å². The minimum atomic E-state index is -0.166. The molecular formula is C26H27ClN4O3. The Hall–Kier alpha value is -3.39. The maximum Gasteiger partial charge on any atom is 0.251 e. The van der Waals surface area contributed by atoms with E-state index in [4.69, 9.17) is 4.74 Å². The normalized spacial score (nSPS) is 14.0. The first-order valence-electron chi connectivity index (χ1n) is 11.1. The number of nitrogens with one attached hydrogen (secondary N) is 2. The lowest BCUT2D eigenvalue weighted by molar-refractivity contribution is 0.0341. The van der Waals surface area contributed by atoms with Crippen LogP contribution in [0.2, 0.25) is 0 Å². The number of aromatic amines is 1. The van der Waals surface area contributed by atoms with Crippen LogP contribution in [0, 0.1) is 0 Å². The molecule has 0 aliphatic carbocycles. The minimum absolute atomic E-state index is 0. The van der Waals surface area contributed by atoms with Gasteiger partial charge in [0.25, 0.3) is 5.91 Å². The van der Waals surface area contributed by atoms with Crippen molar-refractivity contribution in [3.05, 3.63) is 83.6 Å². The number of nitrogens with zero attached hydrogens (tertiary/aromatic N) is 2. The number of benzene rings is 2. The number of pyridine rings is 1. The van der Waals surface area contributed by atoms with E-state index in [-0.39, 0.29) is 24.2 Å². The van der Waals surface area contributed by atoms with E-state index < -0.39 is 0 Å². The fourth-order valence-corrected chi connectivity index (χ4v) is 4.14. The number of amides is 1. The number of aromatic nitrogens is 2. The first-order chi connectivity index (χ1) is 16.2. The van der Waals surface area contributed by atoms with Crippen molar-refractivity contribution in [2.45, 2.75) is 13.1 Å². The van der Waals surface area contributed by atoms with Gasteiger partial charge in [0.2, 0.25) is 0 Å². The zero-order valence-electron chi connectivity index (χ0n) is 18.7. The van der Waals surface area contributed by atoms with Crippen molar-refractivity contribution in [3.8, 4) is 17.1 Å². The van der Waals surface area contributed by atoms with Gasteiger partial charge in [0.1, 0.15) is 0 Å². The predicted molar refractivity (Wildman–Crippen MR) is 134 cm³/mol. The summed E-state index contributed by atoms with van der Waals surface area (Å²) >= 11 is 0. The summed E-state index contributed by atoms with van der Waals surface area (Å²) in [5.41, 5.74) is 4.69. The zero-order chi connectivity index (χ0) is 22.6. The van der Waals surface area contributed by atoms with Crippen molar-refractivity contribution in [1.29, 1.82) is 0 Å². The monoisotopic (exact) mass is 478 g/mol. The van der Waals surface area contributed by atoms with E-state index in [2.05, 4.69) is 20.2 Å². The van der Waals surface area contributed by atoms with Gasteiger partial charge in [0.05, 0.1) is 24.5 Å². The van der Waals surface area contributed by atoms with E-state index in [9.17, 15) is 9.90 Å². The first-order valence-corrected chi connectivity index (χ1v) is 11.1. The van der Waals surface area contributed by atoms with Gasteiger partial charge in [-0.25, -0.2) is 0 Å². The van der Waals surface area contributed by atoms with Crippen molar-refractivity contribution in [2.24, 2.45) is 0 Å². The van der Waals surface area contributed by atoms with Gasteiger partial charge in [-0.15, -0.1) is 12.4 Å². The molecule has 0 spiro atoms. The first kappa shape index (κ1) is 23.8. The third-order valence-corrected chi connectivity index (χ3v) is 5.93. The van der Waals surface area contributed by atoms with Crippen molar-refractivity contribution >= 4 is 29.2 Å². The molecule has 0 unspecified atom stereocenters. The average Bonchev–Trinajstić information content (AvgIpc) is 3.19. The molecule has 2 aromatic heterocycles. The number of morpholine rings is 1. The van der Waals surface area contributed by atoms with Gasteiger partial charge in [-0.2, -0.15) is 0 Å². The SMILES string of the molecule is Cl.O=C(NCc1ccccc1)c1ccc2[nH]c(O)c(-c3ccc(CN4CCOCC4)cn3)c2c1. The molecule has 0 bridgehead atoms. The smallest absolute Gasteiger partial charge is 0.251 e. The Morgan fingerprint density at radius 1 is 1.06 bits per heavy atom. The van der Waals surface area contributed by atoms with Gasteiger partial charge in [-0.05, 0) is 35.4 Å². The molecule has 1 aliphatic rings. The quantitative estimate of drug-likeness (QED) is 0.388. The molecule has 3 heterocycles. The van der Waals surface area contributed by atoms with E-state index in [0.29, 0.717) is 23.4 Å². The van der Waals surface area contributed by atoms with Crippen molar-refractivity contribution in [2.75, 3.05) is 26.3 Å². The van der Waals surface area contributed by atoms with E-state index in [1.807, 2.05) is 54.7 Å². The Morgan fingerprint density at radius 3 is 2.59 bits per heavy atom. The summed E-state index contributed by atoms with van der Waals surface area (Å²) < 4.78 is 5.41. The number of carbonyl (C=O) groups excluding carboxylic acids is 1. The molecule has 7 nitrogen and oxygen atoms in total. The van der Waals surface area contributed by atoms with Crippen molar-refractivity contribution < 1.29 is 14.6 Å². The molecule has 1 amide bonds. The van der Waals surface area contributed by atoms with Crippen LogP contribution in [0.1, 0.15) is 21.5 Å². The summed E-state index contributed by atoms with van der Waals surface area (Å²) in [6.45, 7) is 4.63. The van der Waals surface area contributed by atoms with Crippen LogP contribution in [0.5, 0.6) is 5.88 Å². The van der Waals surface area contributed by atoms with Gasteiger partial charge < -0.3 is 20.1 Å². The molecule has 1 fully saturated rings. The molecule has 3 N–H and O–H groups in total. The number of ether oxygens (including phenoxy) is 1. The van der Waals surface area contributed by atoms with Crippen molar-refractivity contribution in [3.63, 3.8) is 0 Å². The van der Waals surface area contributed by atoms with Crippen LogP contribution in [0.3, 0.4) is 0 Å². The standard InChI is InChI=1S/C26H26N4O3.ClH/c31-25(28-15-18-4-2-1-3-5-18)20-7-9-22-21(14-20)24(26(32)29-22)23-8-6-19(16-27-23)17-30-10-12-33-13-11-30;/h1-9,14,16,29,32H,10-13,15,17H2,(H,28,31);1H. The average molecular weight is 479 g/mol. The van der Waals surface area contributed by atoms with Crippen LogP contribution in [-0.4, -0.2) is 52.2 Å². The number of fused-ring (bicyclic) bond motifs is 1. The molecular weight excluding hydrogens is 452 g/mol. The number of aromatic hydroxyl groups is 1. The largest absolute Gasteiger partial charge is 0.494 e. The van der Waals surface area contributed by atoms with Gasteiger partial charge >= 0.3 is 0 Å². The molecule has 34 heavy (non-hydrogen) atoms. The lowest BCUT2D eigenvalue weighted by Crippen LogP contribution is -2.35. The molecule has 8 heteroatoms. The van der Waals surface area contributed by atoms with Gasteiger partial charge in [0.15, 0.2) is 5.88 Å². The molecule has 1 saturated heterocycles. The van der Waals surface area contributed by atoms with E-state index in [1.165, 1.54) is 0 Å². The lowest BCUT2D eigenvalue weighted by atomic mass is 10.1. The number of H-pyrrole nitrogens is 1. The van der Waals surface area contributed by atoms with Crippen LogP contribution < -0.4 is 5.32 Å². The van der Waals surface area contributed by atoms with E-state index in [0.717, 1.165) is 54.9 Å². The van der Waals surface area contributed by atoms with Crippen LogP contribution in [0.4, 0.5) is 0 Å². The second-order valence-electron chi connectivity index (χ2n) is 8.22. The molecule has 5 rings (SSSR count). The predicted octanol–water partition coefficient (Wildman–Crippen LogP) is 4.12. The fraction of sp³-hybridized carbons (Fsp3) is 0.231. The molecule has 4 aromatic rings. The third-order valence-electron chi connectivity index (χ3n) is 5.93. The van der Waals surface area contributed by atoms with Gasteiger partial charge in [-0.1, -0.05) is 36.4 Å². The fourth-order valence-electron chi connectivity index (χ4n) is 4.14. The third kappa shape index (κ3) is 5.22. The summed E-state index contributed by atoms with van der Waals surface area (Å²) in [6, 6.07) is 19.1. The molecule has 176 valence electrons. The second kappa shape index (κ2) is 10.7. The highest BCUT2D eigenvalue weighted by Gasteiger charge is 2.17. The number of rotatable bonds is 6. The molecule has 2 aromatic carbocycles. The van der Waals surface area contributed by atoms with Crippen LogP contribution >= 0.6 is 12.4 Å². The Labute approximate surface area is 204 Å². The molecule has 0 radical (unpaired) electrons. The molecule has 0 atom stereocenters. The second-order valence-corrected chi connectivity index (χ2v) is 8.22. The molecule has 0 saturated carbocycles. The maximum atomic E-state index is 12.7. The summed E-state index contributed by atoms with van der Waals surface area (Å²) in [5.74, 6) is -0.124. The lowest BCUT2D eigenvalue weighted by Gasteiger charge is -2.26. The Balaban J connectivity index is 0.00000274. The summed E-state index contributed by atoms with van der Waals surface area (Å²) in [6.07, 6.45) is 1.85. The highest BCUT2D eigenvalue weighted by atomic mass is 35.5. The van der Waals surface area contributed by atoms with Crippen LogP contribution in [-0.2, 0) is 17.8 Å². The number of hydrogen-bond acceptors (Lipinski definition) is 5. The van der Waals surface area contributed by atoms with Crippen LogP contribution in [0.15, 0.2) is 66.9 Å². The van der Waals surface area contributed by atoms with Crippen molar-refractivity contribution in [1.82, 2.24) is 20.2 Å². The topological polar surface area (TPSA) is 90.5 Å². The highest BCUT2D eigenvalue weighted by Crippen LogP contribution is 2.36. The van der Waals surface area contributed by atoms with E-state index >= 15 is 0 Å². The maximum absolute atomic E-state index is 12.7. The van der Waals surface area contributed by atoms with Gasteiger partial charge in [-0.3, -0.25) is 14.7 Å². The minimum Gasteiger partial charge on any atom is -0.494 e. The van der Waals surface area contributed by atoms with Crippen LogP contribution in [0.25, 0.3) is 22.2 Å². The highest BCUT2D eigenvalue weighted by molar-refractivity contribution is 6.03. The summed E-state index contributed by atoms with van der Waals surface area (Å²) in [7, 11) is 0. The number of carbonyl (C=O) groups is 1. The number of hydrogen-bond donors (Lipinski definition) is 3. The Kier molecular flexibility index (Phi) is 7.47. The Bertz CT molecular complexity index is 1250. The number of halogens is 1. The molecule has 1 aliphatic heterocycles. The Morgan fingerprint density at radius 2 is 1.85 bits per heavy atom.